The first-order valence-electron chi connectivity index (χ1n) is 28.8. The number of aliphatic hydroxyl groups is 2. The molecule has 0 aliphatic carbocycles. The summed E-state index contributed by atoms with van der Waals surface area (Å²) in [7, 11) is 0. The number of unbranched alkanes of at least 4 members (excludes halogenated alkanes) is 38. The molecular weight excluding hydrogens is 803 g/mol. The van der Waals surface area contributed by atoms with Crippen molar-refractivity contribution in [3.8, 4) is 0 Å². The molecule has 0 radical (unpaired) electrons. The molecule has 1 amide bonds. The Balaban J connectivity index is 3.42. The highest BCUT2D eigenvalue weighted by molar-refractivity contribution is 5.76. The minimum absolute atomic E-state index is 0.00218. The molecule has 382 valence electrons. The van der Waals surface area contributed by atoms with Crippen molar-refractivity contribution in [1.82, 2.24) is 5.32 Å². The number of esters is 1. The van der Waals surface area contributed by atoms with Gasteiger partial charge in [-0.05, 0) is 83.5 Å². The van der Waals surface area contributed by atoms with Gasteiger partial charge in [-0.3, -0.25) is 9.59 Å². The fraction of sp³-hybridized carbons (Fsp3) is 0.864. The number of rotatable bonds is 53. The Morgan fingerprint density at radius 1 is 0.415 bits per heavy atom. The van der Waals surface area contributed by atoms with Gasteiger partial charge < -0.3 is 20.3 Å². The molecule has 0 fully saturated rings. The molecule has 0 rings (SSSR count). The molecule has 0 aliphatic heterocycles. The molecule has 2 atom stereocenters. The number of allylic oxidation sites excluding steroid dienone is 5. The van der Waals surface area contributed by atoms with Gasteiger partial charge in [0.25, 0.3) is 0 Å². The van der Waals surface area contributed by atoms with Gasteiger partial charge in [-0.1, -0.05) is 243 Å². The standard InChI is InChI=1S/C59H111NO5/c1-3-5-7-9-11-13-15-16-17-18-24-27-30-33-37-41-45-49-53-59(64)65-54-50-46-42-38-34-31-28-25-22-20-19-21-23-26-29-32-36-40-44-48-52-58(63)60-56(55-61)57(62)51-47-43-39-35-14-12-10-8-6-4-2/h17-19,21,47,51,56-57,61-62H,3-16,20,22-46,48-50,52-55H2,1-2H3,(H,60,63)/b18-17-,21-19-,51-47+. The van der Waals surface area contributed by atoms with E-state index in [1.807, 2.05) is 6.08 Å². The van der Waals surface area contributed by atoms with Crippen LogP contribution in [0.15, 0.2) is 36.5 Å². The predicted molar refractivity (Wildman–Crippen MR) is 283 cm³/mol. The number of carbonyl (C=O) groups is 2. The Bertz CT molecular complexity index is 1060. The average molecular weight is 915 g/mol. The van der Waals surface area contributed by atoms with E-state index in [4.69, 9.17) is 4.74 Å². The van der Waals surface area contributed by atoms with Gasteiger partial charge in [0.2, 0.25) is 5.91 Å². The van der Waals surface area contributed by atoms with E-state index < -0.39 is 12.1 Å². The first kappa shape index (κ1) is 63.1. The first-order valence-corrected chi connectivity index (χ1v) is 28.8. The van der Waals surface area contributed by atoms with Gasteiger partial charge in [0.1, 0.15) is 0 Å². The van der Waals surface area contributed by atoms with Crippen molar-refractivity contribution in [3.05, 3.63) is 36.5 Å². The summed E-state index contributed by atoms with van der Waals surface area (Å²) < 4.78 is 5.48. The highest BCUT2D eigenvalue weighted by Gasteiger charge is 2.18. The third-order valence-electron chi connectivity index (χ3n) is 13.1. The molecule has 0 bridgehead atoms. The van der Waals surface area contributed by atoms with Crippen molar-refractivity contribution in [2.45, 2.75) is 315 Å². The van der Waals surface area contributed by atoms with Crippen LogP contribution in [0.1, 0.15) is 303 Å². The summed E-state index contributed by atoms with van der Waals surface area (Å²) in [6.45, 7) is 4.87. The normalized spacial score (nSPS) is 12.9. The second-order valence-corrected chi connectivity index (χ2v) is 19.6. The molecule has 0 aromatic heterocycles. The van der Waals surface area contributed by atoms with Crippen LogP contribution in [0, 0.1) is 0 Å². The summed E-state index contributed by atoms with van der Waals surface area (Å²) in [5.41, 5.74) is 0. The van der Waals surface area contributed by atoms with Crippen LogP contribution >= 0.6 is 0 Å². The lowest BCUT2D eigenvalue weighted by molar-refractivity contribution is -0.143. The van der Waals surface area contributed by atoms with Crippen molar-refractivity contribution in [2.24, 2.45) is 0 Å². The van der Waals surface area contributed by atoms with E-state index in [1.54, 1.807) is 6.08 Å². The third-order valence-corrected chi connectivity index (χ3v) is 13.1. The molecule has 0 heterocycles. The molecule has 0 aromatic carbocycles. The molecule has 0 saturated heterocycles. The van der Waals surface area contributed by atoms with Gasteiger partial charge in [0, 0.05) is 12.8 Å². The Morgan fingerprint density at radius 2 is 0.723 bits per heavy atom. The van der Waals surface area contributed by atoms with Crippen LogP contribution < -0.4 is 5.32 Å². The zero-order valence-electron chi connectivity index (χ0n) is 43.5. The predicted octanol–water partition coefficient (Wildman–Crippen LogP) is 17.6. The quantitative estimate of drug-likeness (QED) is 0.0321. The SMILES string of the molecule is CCCCCCCCC/C=C\CCCCCCCCCC(=O)OCCCCCCCCCCC/C=C\CCCCCCCCCC(=O)NC(CO)C(O)/C=C/CCCCCCCCCC. The van der Waals surface area contributed by atoms with Gasteiger partial charge in [-0.2, -0.15) is 0 Å². The molecule has 0 aliphatic rings. The van der Waals surface area contributed by atoms with E-state index in [9.17, 15) is 19.8 Å². The molecular formula is C59H111NO5. The maximum absolute atomic E-state index is 12.4. The van der Waals surface area contributed by atoms with Gasteiger partial charge in [-0.15, -0.1) is 0 Å². The third kappa shape index (κ3) is 51.3. The summed E-state index contributed by atoms with van der Waals surface area (Å²) in [4.78, 5) is 24.5. The number of carbonyl (C=O) groups excluding carboxylic acids is 2. The summed E-state index contributed by atoms with van der Waals surface area (Å²) in [6.07, 6.45) is 67.4. The van der Waals surface area contributed by atoms with E-state index >= 15 is 0 Å². The van der Waals surface area contributed by atoms with Crippen LogP contribution in [0.25, 0.3) is 0 Å². The maximum Gasteiger partial charge on any atom is 0.305 e. The van der Waals surface area contributed by atoms with Crippen molar-refractivity contribution >= 4 is 11.9 Å². The lowest BCUT2D eigenvalue weighted by Gasteiger charge is -2.20. The minimum Gasteiger partial charge on any atom is -0.466 e. The van der Waals surface area contributed by atoms with Gasteiger partial charge in [-0.25, -0.2) is 0 Å². The summed E-state index contributed by atoms with van der Waals surface area (Å²) in [6, 6.07) is -0.633. The molecule has 6 nitrogen and oxygen atoms in total. The van der Waals surface area contributed by atoms with Gasteiger partial charge >= 0.3 is 5.97 Å². The lowest BCUT2D eigenvalue weighted by atomic mass is 10.1. The van der Waals surface area contributed by atoms with Crippen molar-refractivity contribution in [1.29, 1.82) is 0 Å². The smallest absolute Gasteiger partial charge is 0.305 e. The number of hydrogen-bond acceptors (Lipinski definition) is 5. The van der Waals surface area contributed by atoms with Crippen LogP contribution in [-0.2, 0) is 14.3 Å². The summed E-state index contributed by atoms with van der Waals surface area (Å²) in [5, 5.41) is 23.0. The zero-order chi connectivity index (χ0) is 47.2. The number of ether oxygens (including phenoxy) is 1. The molecule has 2 unspecified atom stereocenters. The zero-order valence-corrected chi connectivity index (χ0v) is 43.5. The Labute approximate surface area is 404 Å². The van der Waals surface area contributed by atoms with E-state index in [0.717, 1.165) is 51.4 Å². The van der Waals surface area contributed by atoms with Crippen LogP contribution in [0.2, 0.25) is 0 Å². The van der Waals surface area contributed by atoms with Crippen molar-refractivity contribution in [3.63, 3.8) is 0 Å². The van der Waals surface area contributed by atoms with E-state index in [1.165, 1.54) is 225 Å². The molecule has 0 spiro atoms. The maximum atomic E-state index is 12.4. The number of aliphatic hydroxyl groups excluding tert-OH is 2. The fourth-order valence-electron chi connectivity index (χ4n) is 8.68. The fourth-order valence-corrected chi connectivity index (χ4v) is 8.68. The van der Waals surface area contributed by atoms with Crippen LogP contribution in [-0.4, -0.2) is 47.4 Å². The Kier molecular flexibility index (Phi) is 53.1. The second-order valence-electron chi connectivity index (χ2n) is 19.6. The highest BCUT2D eigenvalue weighted by atomic mass is 16.5. The lowest BCUT2D eigenvalue weighted by Crippen LogP contribution is -2.45. The van der Waals surface area contributed by atoms with Gasteiger partial charge in [0.15, 0.2) is 0 Å². The highest BCUT2D eigenvalue weighted by Crippen LogP contribution is 2.16. The van der Waals surface area contributed by atoms with E-state index in [2.05, 4.69) is 43.5 Å². The Morgan fingerprint density at radius 3 is 1.09 bits per heavy atom. The second kappa shape index (κ2) is 54.7. The van der Waals surface area contributed by atoms with Crippen LogP contribution in [0.4, 0.5) is 0 Å². The molecule has 0 saturated carbocycles. The van der Waals surface area contributed by atoms with Crippen molar-refractivity contribution < 1.29 is 24.5 Å². The van der Waals surface area contributed by atoms with Crippen LogP contribution in [0.5, 0.6) is 0 Å². The summed E-state index contributed by atoms with van der Waals surface area (Å²) >= 11 is 0. The van der Waals surface area contributed by atoms with Crippen molar-refractivity contribution in [2.75, 3.05) is 13.2 Å². The topological polar surface area (TPSA) is 95.9 Å². The number of nitrogens with one attached hydrogen (secondary N) is 1. The minimum atomic E-state index is -0.848. The first-order chi connectivity index (χ1) is 32.0. The molecule has 0 aromatic rings. The number of amides is 1. The summed E-state index contributed by atoms with van der Waals surface area (Å²) in [5.74, 6) is -0.0767. The number of hydrogen-bond donors (Lipinski definition) is 3. The monoisotopic (exact) mass is 914 g/mol. The van der Waals surface area contributed by atoms with E-state index in [0.29, 0.717) is 19.4 Å². The average Bonchev–Trinajstić information content (AvgIpc) is 3.31. The molecule has 3 N–H and O–H groups in total. The largest absolute Gasteiger partial charge is 0.466 e. The molecule has 6 heteroatoms. The Hall–Kier alpha value is -1.92. The van der Waals surface area contributed by atoms with Gasteiger partial charge in [0.05, 0.1) is 25.4 Å². The molecule has 65 heavy (non-hydrogen) atoms. The van der Waals surface area contributed by atoms with Crippen LogP contribution in [0.3, 0.4) is 0 Å². The van der Waals surface area contributed by atoms with E-state index in [-0.39, 0.29) is 18.5 Å².